The second-order valence-electron chi connectivity index (χ2n) is 6.52. The molecule has 2 aromatic rings. The molecule has 0 radical (unpaired) electrons. The van der Waals surface area contributed by atoms with Crippen LogP contribution in [0.2, 0.25) is 5.02 Å². The van der Waals surface area contributed by atoms with Crippen molar-refractivity contribution >= 4 is 28.5 Å². The van der Waals surface area contributed by atoms with Crippen molar-refractivity contribution < 1.29 is 14.6 Å². The first-order chi connectivity index (χ1) is 11.0. The van der Waals surface area contributed by atoms with E-state index in [0.717, 1.165) is 28.9 Å². The average molecular weight is 332 g/mol. The average Bonchev–Trinajstić information content (AvgIpc) is 3.19. The number of fused-ring (bicyclic) bond motifs is 1. The van der Waals surface area contributed by atoms with Gasteiger partial charge in [0.1, 0.15) is 6.61 Å². The monoisotopic (exact) mass is 331 g/mol. The third-order valence-electron chi connectivity index (χ3n) is 4.83. The van der Waals surface area contributed by atoms with E-state index >= 15 is 0 Å². The highest BCUT2D eigenvalue weighted by Crippen LogP contribution is 2.39. The van der Waals surface area contributed by atoms with Crippen LogP contribution in [-0.2, 0) is 16.1 Å². The Morgan fingerprint density at radius 2 is 2.22 bits per heavy atom. The fraction of sp³-hybridized carbons (Fsp3) is 0.389. The molecule has 0 spiro atoms. The number of aliphatic hydroxyl groups excluding tert-OH is 1. The van der Waals surface area contributed by atoms with Crippen LogP contribution in [0, 0.1) is 11.8 Å². The van der Waals surface area contributed by atoms with Crippen LogP contribution in [0.25, 0.3) is 10.9 Å². The van der Waals surface area contributed by atoms with Gasteiger partial charge in [0.15, 0.2) is 0 Å². The largest absolute Gasteiger partial charge is 0.462 e. The van der Waals surface area contributed by atoms with E-state index in [1.54, 1.807) is 0 Å². The van der Waals surface area contributed by atoms with Crippen LogP contribution < -0.4 is 0 Å². The lowest BCUT2D eigenvalue weighted by Crippen LogP contribution is -2.14. The molecule has 1 saturated heterocycles. The molecule has 1 aromatic carbocycles. The minimum Gasteiger partial charge on any atom is -0.462 e. The highest BCUT2D eigenvalue weighted by atomic mass is 35.5. The van der Waals surface area contributed by atoms with Gasteiger partial charge in [-0.05, 0) is 37.0 Å². The lowest BCUT2D eigenvalue weighted by molar-refractivity contribution is -0.135. The third-order valence-corrected chi connectivity index (χ3v) is 5.06. The van der Waals surface area contributed by atoms with Crippen molar-refractivity contribution in [2.24, 2.45) is 11.8 Å². The second-order valence-corrected chi connectivity index (χ2v) is 6.95. The molecule has 5 heteroatoms. The quantitative estimate of drug-likeness (QED) is 0.689. The first-order valence-electron chi connectivity index (χ1n) is 7.87. The predicted molar refractivity (Wildman–Crippen MR) is 88.2 cm³/mol. The number of nitrogens with zero attached hydrogens (tertiary/aromatic N) is 1. The lowest BCUT2D eigenvalue weighted by Gasteiger charge is -2.15. The number of benzene rings is 1. The van der Waals surface area contributed by atoms with E-state index in [-0.39, 0.29) is 6.61 Å². The third kappa shape index (κ3) is 2.56. The molecule has 1 N–H and O–H groups in total. The van der Waals surface area contributed by atoms with Gasteiger partial charge >= 0.3 is 5.97 Å². The van der Waals surface area contributed by atoms with Gasteiger partial charge < -0.3 is 14.4 Å². The van der Waals surface area contributed by atoms with E-state index in [9.17, 15) is 9.90 Å². The summed E-state index contributed by atoms with van der Waals surface area (Å²) in [6.07, 6.45) is 3.68. The molecule has 0 amide bonds. The molecule has 2 atom stereocenters. The zero-order valence-corrected chi connectivity index (χ0v) is 13.4. The van der Waals surface area contributed by atoms with Gasteiger partial charge in [-0.15, -0.1) is 0 Å². The topological polar surface area (TPSA) is 51.5 Å². The van der Waals surface area contributed by atoms with E-state index in [2.05, 4.69) is 11.1 Å². The summed E-state index contributed by atoms with van der Waals surface area (Å²) in [7, 11) is 0. The number of rotatable bonds is 4. The standard InChI is InChI=1S/C18H18ClNO3/c1-10-15(9-23-18(10)22)17(21)14-8-20(7-11-2-3-11)16-5-4-12(19)6-13(14)16/h4-6,8,11,15,17,21H,1-3,7,9H2. The van der Waals surface area contributed by atoms with Crippen molar-refractivity contribution in [1.82, 2.24) is 4.57 Å². The molecule has 2 fully saturated rings. The van der Waals surface area contributed by atoms with Gasteiger partial charge in [0.25, 0.3) is 0 Å². The Bertz CT molecular complexity index is 806. The van der Waals surface area contributed by atoms with E-state index in [4.69, 9.17) is 16.3 Å². The number of ether oxygens (including phenoxy) is 1. The van der Waals surface area contributed by atoms with Crippen LogP contribution in [0.3, 0.4) is 0 Å². The van der Waals surface area contributed by atoms with Gasteiger partial charge in [0.2, 0.25) is 0 Å². The molecular formula is C18H18ClNO3. The summed E-state index contributed by atoms with van der Waals surface area (Å²) in [5, 5.41) is 12.4. The van der Waals surface area contributed by atoms with Gasteiger partial charge in [-0.1, -0.05) is 18.2 Å². The number of halogens is 1. The molecule has 2 heterocycles. The maximum absolute atomic E-state index is 11.5. The maximum Gasteiger partial charge on any atom is 0.333 e. The number of carbonyl (C=O) groups excluding carboxylic acids is 1. The number of hydrogen-bond acceptors (Lipinski definition) is 3. The zero-order valence-electron chi connectivity index (χ0n) is 12.7. The number of aliphatic hydroxyl groups is 1. The molecule has 1 aromatic heterocycles. The number of carbonyl (C=O) groups is 1. The summed E-state index contributed by atoms with van der Waals surface area (Å²) >= 11 is 6.15. The lowest BCUT2D eigenvalue weighted by atomic mass is 9.92. The van der Waals surface area contributed by atoms with Crippen molar-refractivity contribution in [3.05, 3.63) is 47.1 Å². The Labute approximate surface area is 139 Å². The highest BCUT2D eigenvalue weighted by Gasteiger charge is 2.36. The Kier molecular flexibility index (Phi) is 3.47. The molecule has 2 unspecified atom stereocenters. The van der Waals surface area contributed by atoms with Gasteiger partial charge in [0, 0.05) is 39.8 Å². The van der Waals surface area contributed by atoms with Crippen LogP contribution in [-0.4, -0.2) is 22.2 Å². The number of hydrogen-bond donors (Lipinski definition) is 1. The van der Waals surface area contributed by atoms with Crippen LogP contribution in [0.4, 0.5) is 0 Å². The van der Waals surface area contributed by atoms with Gasteiger partial charge in [-0.3, -0.25) is 0 Å². The normalized spacial score (nSPS) is 22.6. The number of esters is 1. The Balaban J connectivity index is 1.77. The Morgan fingerprint density at radius 1 is 1.43 bits per heavy atom. The molecule has 4 rings (SSSR count). The molecule has 1 saturated carbocycles. The Hall–Kier alpha value is -1.78. The molecule has 4 nitrogen and oxygen atoms in total. The summed E-state index contributed by atoms with van der Waals surface area (Å²) in [5.41, 5.74) is 2.18. The predicted octanol–water partition coefficient (Wildman–Crippen LogP) is 3.47. The van der Waals surface area contributed by atoms with Gasteiger partial charge in [-0.2, -0.15) is 0 Å². The van der Waals surface area contributed by atoms with Crippen LogP contribution in [0.15, 0.2) is 36.5 Å². The minimum atomic E-state index is -0.824. The molecular weight excluding hydrogens is 314 g/mol. The summed E-state index contributed by atoms with van der Waals surface area (Å²) in [6.45, 7) is 4.88. The summed E-state index contributed by atoms with van der Waals surface area (Å²) < 4.78 is 7.19. The summed E-state index contributed by atoms with van der Waals surface area (Å²) in [6, 6.07) is 5.73. The van der Waals surface area contributed by atoms with Gasteiger partial charge in [-0.25, -0.2) is 4.79 Å². The van der Waals surface area contributed by atoms with E-state index < -0.39 is 18.0 Å². The SMILES string of the molecule is C=C1C(=O)OCC1C(O)c1cn(CC2CC2)c2ccc(Cl)cc12. The second kappa shape index (κ2) is 5.39. The van der Waals surface area contributed by atoms with Crippen molar-refractivity contribution in [1.29, 1.82) is 0 Å². The van der Waals surface area contributed by atoms with Crippen molar-refractivity contribution in [3.63, 3.8) is 0 Å². The van der Waals surface area contributed by atoms with Crippen LogP contribution in [0.5, 0.6) is 0 Å². The molecule has 0 bridgehead atoms. The minimum absolute atomic E-state index is 0.175. The van der Waals surface area contributed by atoms with Crippen molar-refractivity contribution in [2.75, 3.05) is 6.61 Å². The van der Waals surface area contributed by atoms with Crippen molar-refractivity contribution in [2.45, 2.75) is 25.5 Å². The van der Waals surface area contributed by atoms with Gasteiger partial charge in [0.05, 0.1) is 12.0 Å². The smallest absolute Gasteiger partial charge is 0.333 e. The fourth-order valence-electron chi connectivity index (χ4n) is 3.27. The van der Waals surface area contributed by atoms with E-state index in [1.807, 2.05) is 24.4 Å². The molecule has 2 aliphatic rings. The van der Waals surface area contributed by atoms with E-state index in [1.165, 1.54) is 12.8 Å². The number of aromatic nitrogens is 1. The zero-order chi connectivity index (χ0) is 16.1. The molecule has 120 valence electrons. The van der Waals surface area contributed by atoms with Crippen molar-refractivity contribution in [3.8, 4) is 0 Å². The Morgan fingerprint density at radius 3 is 2.87 bits per heavy atom. The molecule has 1 aliphatic heterocycles. The van der Waals surface area contributed by atoms with Crippen LogP contribution in [0.1, 0.15) is 24.5 Å². The molecule has 23 heavy (non-hydrogen) atoms. The summed E-state index contributed by atoms with van der Waals surface area (Å²) in [4.78, 5) is 11.5. The van der Waals surface area contributed by atoms with Crippen LogP contribution >= 0.6 is 11.6 Å². The number of cyclic esters (lactones) is 1. The first kappa shape index (κ1) is 14.8. The fourth-order valence-corrected chi connectivity index (χ4v) is 3.44. The van der Waals surface area contributed by atoms with E-state index in [0.29, 0.717) is 10.6 Å². The first-order valence-corrected chi connectivity index (χ1v) is 8.24. The maximum atomic E-state index is 11.5. The molecule has 1 aliphatic carbocycles. The highest BCUT2D eigenvalue weighted by molar-refractivity contribution is 6.31. The summed E-state index contributed by atoms with van der Waals surface area (Å²) in [5.74, 6) is -0.104.